The summed E-state index contributed by atoms with van der Waals surface area (Å²) in [6.07, 6.45) is 0. The lowest BCUT2D eigenvalue weighted by molar-refractivity contribution is 0.331. The van der Waals surface area contributed by atoms with Crippen molar-refractivity contribution in [3.63, 3.8) is 0 Å². The second-order valence-corrected chi connectivity index (χ2v) is 3.62. The molecule has 1 aliphatic heterocycles. The van der Waals surface area contributed by atoms with Gasteiger partial charge in [-0.15, -0.1) is 0 Å². The van der Waals surface area contributed by atoms with Gasteiger partial charge >= 0.3 is 0 Å². The van der Waals surface area contributed by atoms with E-state index >= 15 is 0 Å². The molecule has 4 heteroatoms. The number of hydrogen-bond acceptors (Lipinski definition) is 3. The smallest absolute Gasteiger partial charge is 0.138 e. The second-order valence-electron chi connectivity index (χ2n) is 2.76. The average molecular weight is 230 g/mol. The number of aromatic hydroxyl groups is 1. The van der Waals surface area contributed by atoms with Crippen LogP contribution in [0.1, 0.15) is 11.6 Å². The van der Waals surface area contributed by atoms with E-state index in [0.29, 0.717) is 6.61 Å². The van der Waals surface area contributed by atoms with Crippen molar-refractivity contribution in [2.24, 2.45) is 5.73 Å². The molecular formula is C8H8BrNO2. The van der Waals surface area contributed by atoms with Crippen LogP contribution in [0.15, 0.2) is 16.6 Å². The lowest BCUT2D eigenvalue weighted by atomic mass is 10.1. The third-order valence-electron chi connectivity index (χ3n) is 1.86. The van der Waals surface area contributed by atoms with E-state index in [9.17, 15) is 5.11 Å². The van der Waals surface area contributed by atoms with Crippen LogP contribution in [-0.4, -0.2) is 11.7 Å². The maximum absolute atomic E-state index is 9.25. The molecule has 12 heavy (non-hydrogen) atoms. The van der Waals surface area contributed by atoms with Crippen LogP contribution < -0.4 is 10.5 Å². The fourth-order valence-electron chi connectivity index (χ4n) is 1.29. The Hall–Kier alpha value is -0.740. The summed E-state index contributed by atoms with van der Waals surface area (Å²) in [5.74, 6) is 0.960. The van der Waals surface area contributed by atoms with Gasteiger partial charge in [-0.2, -0.15) is 0 Å². The maximum Gasteiger partial charge on any atom is 0.138 e. The quantitative estimate of drug-likeness (QED) is 0.710. The SMILES string of the molecule is NC1COc2c(Br)cc(O)cc21. The minimum atomic E-state index is -0.122. The number of rotatable bonds is 0. The van der Waals surface area contributed by atoms with Gasteiger partial charge in [0.15, 0.2) is 0 Å². The molecule has 0 amide bonds. The van der Waals surface area contributed by atoms with Gasteiger partial charge in [0.2, 0.25) is 0 Å². The number of hydrogen-bond donors (Lipinski definition) is 2. The highest BCUT2D eigenvalue weighted by molar-refractivity contribution is 9.10. The van der Waals surface area contributed by atoms with Gasteiger partial charge in [-0.1, -0.05) is 0 Å². The Balaban J connectivity index is 2.60. The van der Waals surface area contributed by atoms with Gasteiger partial charge in [-0.05, 0) is 28.1 Å². The van der Waals surface area contributed by atoms with E-state index in [0.717, 1.165) is 15.8 Å². The van der Waals surface area contributed by atoms with Crippen molar-refractivity contribution in [1.82, 2.24) is 0 Å². The van der Waals surface area contributed by atoms with Gasteiger partial charge < -0.3 is 15.6 Å². The first-order valence-corrected chi connectivity index (χ1v) is 4.38. The molecule has 0 bridgehead atoms. The fraction of sp³-hybridized carbons (Fsp3) is 0.250. The molecule has 0 radical (unpaired) electrons. The standard InChI is InChI=1S/C8H8BrNO2/c9-6-2-4(11)1-5-7(10)3-12-8(5)6/h1-2,7,11H,3,10H2. The zero-order chi connectivity index (χ0) is 8.72. The van der Waals surface area contributed by atoms with Gasteiger partial charge in [0.1, 0.15) is 18.1 Å². The first kappa shape index (κ1) is 7.89. The van der Waals surface area contributed by atoms with Crippen molar-refractivity contribution in [2.45, 2.75) is 6.04 Å². The van der Waals surface area contributed by atoms with Crippen molar-refractivity contribution < 1.29 is 9.84 Å². The average Bonchev–Trinajstić information content (AvgIpc) is 2.33. The Labute approximate surface area is 78.3 Å². The molecule has 0 saturated carbocycles. The van der Waals surface area contributed by atoms with Gasteiger partial charge in [0, 0.05) is 5.56 Å². The van der Waals surface area contributed by atoms with Crippen LogP contribution in [-0.2, 0) is 0 Å². The van der Waals surface area contributed by atoms with Gasteiger partial charge in [0.25, 0.3) is 0 Å². The van der Waals surface area contributed by atoms with E-state index < -0.39 is 0 Å². The summed E-state index contributed by atoms with van der Waals surface area (Å²) in [5, 5.41) is 9.25. The number of halogens is 1. The Morgan fingerprint density at radius 3 is 3.08 bits per heavy atom. The highest BCUT2D eigenvalue weighted by atomic mass is 79.9. The van der Waals surface area contributed by atoms with Crippen LogP contribution in [0.5, 0.6) is 11.5 Å². The Bertz CT molecular complexity index is 327. The van der Waals surface area contributed by atoms with Crippen LogP contribution in [0, 0.1) is 0 Å². The third kappa shape index (κ3) is 1.07. The summed E-state index contributed by atoms with van der Waals surface area (Å²) in [7, 11) is 0. The molecular weight excluding hydrogens is 222 g/mol. The van der Waals surface area contributed by atoms with Gasteiger partial charge in [-0.25, -0.2) is 0 Å². The maximum atomic E-state index is 9.25. The lowest BCUT2D eigenvalue weighted by Crippen LogP contribution is -2.10. The molecule has 0 saturated heterocycles. The van der Waals surface area contributed by atoms with E-state index in [4.69, 9.17) is 10.5 Å². The predicted octanol–water partition coefficient (Wildman–Crippen LogP) is 1.55. The molecule has 3 N–H and O–H groups in total. The number of phenols is 1. The van der Waals surface area contributed by atoms with Crippen molar-refractivity contribution in [3.05, 3.63) is 22.2 Å². The highest BCUT2D eigenvalue weighted by Gasteiger charge is 2.23. The normalized spacial score (nSPS) is 20.3. The molecule has 1 unspecified atom stereocenters. The first-order valence-electron chi connectivity index (χ1n) is 3.59. The Morgan fingerprint density at radius 1 is 1.58 bits per heavy atom. The predicted molar refractivity (Wildman–Crippen MR) is 48.2 cm³/mol. The number of nitrogens with two attached hydrogens (primary N) is 1. The van der Waals surface area contributed by atoms with Crippen LogP contribution in [0.2, 0.25) is 0 Å². The van der Waals surface area contributed by atoms with E-state index in [2.05, 4.69) is 15.9 Å². The van der Waals surface area contributed by atoms with Crippen LogP contribution >= 0.6 is 15.9 Å². The molecule has 0 aliphatic carbocycles. The van der Waals surface area contributed by atoms with E-state index in [-0.39, 0.29) is 11.8 Å². The summed E-state index contributed by atoms with van der Waals surface area (Å²) >= 11 is 3.29. The summed E-state index contributed by atoms with van der Waals surface area (Å²) in [4.78, 5) is 0. The molecule has 1 aliphatic rings. The van der Waals surface area contributed by atoms with E-state index in [1.54, 1.807) is 12.1 Å². The second kappa shape index (κ2) is 2.64. The fourth-order valence-corrected chi connectivity index (χ4v) is 1.87. The van der Waals surface area contributed by atoms with Crippen molar-refractivity contribution in [1.29, 1.82) is 0 Å². The zero-order valence-electron chi connectivity index (χ0n) is 6.25. The molecule has 0 fully saturated rings. The highest BCUT2D eigenvalue weighted by Crippen LogP contribution is 2.40. The minimum absolute atomic E-state index is 0.122. The summed E-state index contributed by atoms with van der Waals surface area (Å²) in [5.41, 5.74) is 6.59. The molecule has 2 rings (SSSR count). The van der Waals surface area contributed by atoms with Crippen LogP contribution in [0.25, 0.3) is 0 Å². The molecule has 1 atom stereocenters. The van der Waals surface area contributed by atoms with Crippen molar-refractivity contribution >= 4 is 15.9 Å². The number of ether oxygens (including phenoxy) is 1. The molecule has 1 aromatic carbocycles. The summed E-state index contributed by atoms with van der Waals surface area (Å²) in [6.45, 7) is 0.484. The number of benzene rings is 1. The molecule has 1 heterocycles. The Morgan fingerprint density at radius 2 is 2.33 bits per heavy atom. The molecule has 3 nitrogen and oxygen atoms in total. The number of phenolic OH excluding ortho intramolecular Hbond substituents is 1. The monoisotopic (exact) mass is 229 g/mol. The van der Waals surface area contributed by atoms with E-state index in [1.807, 2.05) is 0 Å². The van der Waals surface area contributed by atoms with Gasteiger partial charge in [-0.3, -0.25) is 0 Å². The summed E-state index contributed by atoms with van der Waals surface area (Å²) < 4.78 is 6.07. The molecule has 0 spiro atoms. The number of fused-ring (bicyclic) bond motifs is 1. The van der Waals surface area contributed by atoms with Crippen molar-refractivity contribution in [2.75, 3.05) is 6.61 Å². The third-order valence-corrected chi connectivity index (χ3v) is 2.45. The molecule has 64 valence electrons. The molecule has 0 aromatic heterocycles. The minimum Gasteiger partial charge on any atom is -0.508 e. The molecule has 1 aromatic rings. The largest absolute Gasteiger partial charge is 0.508 e. The van der Waals surface area contributed by atoms with E-state index in [1.165, 1.54) is 0 Å². The Kier molecular flexibility index (Phi) is 1.73. The zero-order valence-corrected chi connectivity index (χ0v) is 7.84. The van der Waals surface area contributed by atoms with Crippen LogP contribution in [0.4, 0.5) is 0 Å². The summed E-state index contributed by atoms with van der Waals surface area (Å²) in [6, 6.07) is 3.11. The van der Waals surface area contributed by atoms with Gasteiger partial charge in [0.05, 0.1) is 10.5 Å². The topological polar surface area (TPSA) is 55.5 Å². The van der Waals surface area contributed by atoms with Crippen LogP contribution in [0.3, 0.4) is 0 Å². The first-order chi connectivity index (χ1) is 5.68. The van der Waals surface area contributed by atoms with Crippen molar-refractivity contribution in [3.8, 4) is 11.5 Å². The lowest BCUT2D eigenvalue weighted by Gasteiger charge is -2.03.